The van der Waals surface area contributed by atoms with Crippen LogP contribution in [0.5, 0.6) is 0 Å². The van der Waals surface area contributed by atoms with Crippen molar-refractivity contribution in [3.8, 4) is 0 Å². The van der Waals surface area contributed by atoms with Gasteiger partial charge in [-0.2, -0.15) is 0 Å². The molecule has 0 spiro atoms. The minimum Gasteiger partial charge on any atom is -0.481 e. The van der Waals surface area contributed by atoms with Gasteiger partial charge in [0.2, 0.25) is 0 Å². The summed E-state index contributed by atoms with van der Waals surface area (Å²) in [6, 6.07) is 14.8. The van der Waals surface area contributed by atoms with E-state index in [1.54, 1.807) is 24.3 Å². The van der Waals surface area contributed by atoms with Gasteiger partial charge in [-0.05, 0) is 24.6 Å². The Kier molecular flexibility index (Phi) is 4.52. The molecule has 0 fully saturated rings. The van der Waals surface area contributed by atoms with Crippen LogP contribution in [0.15, 0.2) is 58.1 Å². The zero-order valence-corrected chi connectivity index (χ0v) is 13.8. The Morgan fingerprint density at radius 3 is 2.24 bits per heavy atom. The normalized spacial score (nSPS) is 10.9. The Morgan fingerprint density at radius 1 is 0.960 bits per heavy atom. The van der Waals surface area contributed by atoms with Crippen molar-refractivity contribution in [3.05, 3.63) is 80.4 Å². The highest BCUT2D eigenvalue weighted by Crippen LogP contribution is 2.13. The van der Waals surface area contributed by atoms with Gasteiger partial charge in [0.05, 0.1) is 24.0 Å². The van der Waals surface area contributed by atoms with E-state index in [-0.39, 0.29) is 19.5 Å². The number of hydrogen-bond donors (Lipinski definition) is 1. The van der Waals surface area contributed by atoms with Crippen LogP contribution in [0, 0.1) is 6.92 Å². The molecule has 25 heavy (non-hydrogen) atoms. The molecule has 128 valence electrons. The van der Waals surface area contributed by atoms with Crippen LogP contribution in [0.25, 0.3) is 11.0 Å². The third-order valence-corrected chi connectivity index (χ3v) is 4.11. The molecule has 0 amide bonds. The summed E-state index contributed by atoms with van der Waals surface area (Å²) >= 11 is 0. The summed E-state index contributed by atoms with van der Waals surface area (Å²) in [5, 5.41) is 8.88. The summed E-state index contributed by atoms with van der Waals surface area (Å²) in [6.07, 6.45) is -0.217. The fraction of sp³-hybridized carbons (Fsp3) is 0.211. The Hall–Kier alpha value is -3.15. The predicted molar refractivity (Wildman–Crippen MR) is 95.0 cm³/mol. The molecule has 0 aliphatic heterocycles. The van der Waals surface area contributed by atoms with Crippen LogP contribution in [-0.4, -0.2) is 20.2 Å². The first-order valence-electron chi connectivity index (χ1n) is 7.97. The van der Waals surface area contributed by atoms with Gasteiger partial charge in [0.15, 0.2) is 0 Å². The average Bonchev–Trinajstić information content (AvgIpc) is 2.58. The number of para-hydroxylation sites is 2. The molecule has 3 aromatic rings. The maximum atomic E-state index is 12.6. The van der Waals surface area contributed by atoms with E-state index in [4.69, 9.17) is 5.11 Å². The van der Waals surface area contributed by atoms with Gasteiger partial charge < -0.3 is 9.67 Å². The SMILES string of the molecule is Cc1cccc(Cn2c(=O)c(=O)n(CCC(=O)O)c3ccccc32)c1. The van der Waals surface area contributed by atoms with Crippen molar-refractivity contribution in [2.24, 2.45) is 0 Å². The molecule has 0 saturated heterocycles. The van der Waals surface area contributed by atoms with Crippen molar-refractivity contribution in [2.45, 2.75) is 26.4 Å². The molecule has 6 heteroatoms. The molecule has 2 aromatic carbocycles. The summed E-state index contributed by atoms with van der Waals surface area (Å²) in [5.41, 5.74) is 1.82. The summed E-state index contributed by atoms with van der Waals surface area (Å²) in [4.78, 5) is 36.0. The number of aryl methyl sites for hydroxylation is 2. The maximum absolute atomic E-state index is 12.6. The maximum Gasteiger partial charge on any atom is 0.317 e. The summed E-state index contributed by atoms with van der Waals surface area (Å²) in [6.45, 7) is 2.22. The van der Waals surface area contributed by atoms with Crippen LogP contribution >= 0.6 is 0 Å². The zero-order valence-electron chi connectivity index (χ0n) is 13.8. The van der Waals surface area contributed by atoms with Crippen LogP contribution in [0.4, 0.5) is 0 Å². The summed E-state index contributed by atoms with van der Waals surface area (Å²) in [7, 11) is 0. The lowest BCUT2D eigenvalue weighted by Gasteiger charge is -2.15. The quantitative estimate of drug-likeness (QED) is 0.722. The summed E-state index contributed by atoms with van der Waals surface area (Å²) < 4.78 is 2.70. The Balaban J connectivity index is 2.18. The second-order valence-corrected chi connectivity index (χ2v) is 5.97. The van der Waals surface area contributed by atoms with Crippen molar-refractivity contribution < 1.29 is 9.90 Å². The van der Waals surface area contributed by atoms with Gasteiger partial charge >= 0.3 is 17.1 Å². The molecule has 0 atom stereocenters. The fourth-order valence-electron chi connectivity index (χ4n) is 2.95. The smallest absolute Gasteiger partial charge is 0.317 e. The molecule has 0 bridgehead atoms. The van der Waals surface area contributed by atoms with Gasteiger partial charge in [0.1, 0.15) is 0 Å². The lowest BCUT2D eigenvalue weighted by atomic mass is 10.1. The van der Waals surface area contributed by atoms with Crippen molar-refractivity contribution in [3.63, 3.8) is 0 Å². The molecule has 1 aromatic heterocycles. The van der Waals surface area contributed by atoms with E-state index in [1.807, 2.05) is 31.2 Å². The first kappa shape index (κ1) is 16.7. The van der Waals surface area contributed by atoms with Crippen LogP contribution in [0.3, 0.4) is 0 Å². The van der Waals surface area contributed by atoms with Crippen molar-refractivity contribution in [1.82, 2.24) is 9.13 Å². The lowest BCUT2D eigenvalue weighted by molar-refractivity contribution is -0.137. The zero-order chi connectivity index (χ0) is 18.0. The number of aromatic nitrogens is 2. The topological polar surface area (TPSA) is 81.3 Å². The molecule has 3 rings (SSSR count). The molecule has 0 aliphatic rings. The number of carbonyl (C=O) groups is 1. The molecule has 0 saturated carbocycles. The van der Waals surface area contributed by atoms with Crippen molar-refractivity contribution in [1.29, 1.82) is 0 Å². The van der Waals surface area contributed by atoms with E-state index < -0.39 is 17.1 Å². The average molecular weight is 338 g/mol. The second kappa shape index (κ2) is 6.76. The highest BCUT2D eigenvalue weighted by molar-refractivity contribution is 5.75. The van der Waals surface area contributed by atoms with Gasteiger partial charge in [-0.1, -0.05) is 42.0 Å². The minimum atomic E-state index is -1.01. The molecule has 6 nitrogen and oxygen atoms in total. The van der Waals surface area contributed by atoms with Gasteiger partial charge in [0.25, 0.3) is 0 Å². The highest BCUT2D eigenvalue weighted by atomic mass is 16.4. The highest BCUT2D eigenvalue weighted by Gasteiger charge is 2.14. The van der Waals surface area contributed by atoms with E-state index in [1.165, 1.54) is 9.13 Å². The Bertz CT molecular complexity index is 1060. The van der Waals surface area contributed by atoms with Gasteiger partial charge in [-0.3, -0.25) is 19.0 Å². The predicted octanol–water partition coefficient (Wildman–Crippen LogP) is 1.99. The van der Waals surface area contributed by atoms with Crippen molar-refractivity contribution >= 4 is 17.0 Å². The standard InChI is InChI=1S/C19H18N2O4/c1-13-5-4-6-14(11-13)12-21-16-8-3-2-7-15(16)20(10-9-17(22)23)18(24)19(21)25/h2-8,11H,9-10,12H2,1H3,(H,22,23). The number of carboxylic acids is 1. The fourth-order valence-corrected chi connectivity index (χ4v) is 2.95. The molecule has 0 radical (unpaired) electrons. The van der Waals surface area contributed by atoms with Crippen LogP contribution < -0.4 is 11.1 Å². The number of benzene rings is 2. The first-order valence-corrected chi connectivity index (χ1v) is 7.97. The molecular formula is C19H18N2O4. The Morgan fingerprint density at radius 2 is 1.60 bits per heavy atom. The number of rotatable bonds is 5. The lowest BCUT2D eigenvalue weighted by Crippen LogP contribution is -2.42. The first-order chi connectivity index (χ1) is 12.0. The molecule has 0 aliphatic carbocycles. The third kappa shape index (κ3) is 3.38. The van der Waals surface area contributed by atoms with Gasteiger partial charge in [0, 0.05) is 6.54 Å². The van der Waals surface area contributed by atoms with Gasteiger partial charge in [-0.25, -0.2) is 0 Å². The van der Waals surface area contributed by atoms with E-state index >= 15 is 0 Å². The third-order valence-electron chi connectivity index (χ3n) is 4.11. The molecular weight excluding hydrogens is 320 g/mol. The number of carboxylic acid groups (broad SMARTS) is 1. The van der Waals surface area contributed by atoms with Crippen molar-refractivity contribution in [2.75, 3.05) is 0 Å². The molecule has 1 N–H and O–H groups in total. The summed E-state index contributed by atoms with van der Waals surface area (Å²) in [5.74, 6) is -1.01. The largest absolute Gasteiger partial charge is 0.481 e. The second-order valence-electron chi connectivity index (χ2n) is 5.97. The van der Waals surface area contributed by atoms with E-state index in [0.717, 1.165) is 11.1 Å². The van der Waals surface area contributed by atoms with E-state index in [9.17, 15) is 14.4 Å². The molecule has 1 heterocycles. The van der Waals surface area contributed by atoms with Gasteiger partial charge in [-0.15, -0.1) is 0 Å². The van der Waals surface area contributed by atoms with Crippen LogP contribution in [-0.2, 0) is 17.9 Å². The van der Waals surface area contributed by atoms with Crippen LogP contribution in [0.2, 0.25) is 0 Å². The van der Waals surface area contributed by atoms with Crippen LogP contribution in [0.1, 0.15) is 17.5 Å². The number of aliphatic carboxylic acids is 1. The monoisotopic (exact) mass is 338 g/mol. The Labute approximate surface area is 143 Å². The number of nitrogens with zero attached hydrogens (tertiary/aromatic N) is 2. The number of hydrogen-bond acceptors (Lipinski definition) is 3. The minimum absolute atomic E-state index is 0.0325. The number of fused-ring (bicyclic) bond motifs is 1. The van der Waals surface area contributed by atoms with E-state index in [2.05, 4.69) is 0 Å². The van der Waals surface area contributed by atoms with E-state index in [0.29, 0.717) is 11.0 Å². The molecule has 0 unspecified atom stereocenters.